The van der Waals surface area contributed by atoms with Crippen molar-refractivity contribution in [1.82, 2.24) is 10.3 Å². The van der Waals surface area contributed by atoms with Crippen molar-refractivity contribution >= 4 is 23.3 Å². The van der Waals surface area contributed by atoms with Crippen LogP contribution in [0.4, 0.5) is 5.82 Å². The van der Waals surface area contributed by atoms with Crippen molar-refractivity contribution in [2.75, 3.05) is 12.3 Å². The largest absolute Gasteiger partial charge is 0.382 e. The molecule has 3 N–H and O–H groups in total. The number of amides is 1. The van der Waals surface area contributed by atoms with Gasteiger partial charge in [0.05, 0.1) is 10.6 Å². The van der Waals surface area contributed by atoms with Gasteiger partial charge < -0.3 is 11.1 Å². The number of aromatic nitrogens is 1. The van der Waals surface area contributed by atoms with E-state index in [-0.39, 0.29) is 11.7 Å². The molecule has 1 atom stereocenters. The summed E-state index contributed by atoms with van der Waals surface area (Å²) in [7, 11) is 0. The van der Waals surface area contributed by atoms with Crippen LogP contribution >= 0.6 is 11.6 Å². The van der Waals surface area contributed by atoms with Crippen molar-refractivity contribution in [3.8, 4) is 0 Å². The molecule has 92 valence electrons. The highest BCUT2D eigenvalue weighted by Crippen LogP contribution is 2.50. The monoisotopic (exact) mass is 253 g/mol. The van der Waals surface area contributed by atoms with Gasteiger partial charge in [-0.25, -0.2) is 4.98 Å². The minimum atomic E-state index is -0.151. The summed E-state index contributed by atoms with van der Waals surface area (Å²) in [5.41, 5.74) is 6.29. The molecule has 0 bridgehead atoms. The van der Waals surface area contributed by atoms with Gasteiger partial charge in [-0.1, -0.05) is 25.4 Å². The zero-order valence-electron chi connectivity index (χ0n) is 9.96. The Morgan fingerprint density at radius 3 is 2.88 bits per heavy atom. The third-order valence-corrected chi connectivity index (χ3v) is 3.66. The minimum absolute atomic E-state index is 0.151. The lowest BCUT2D eigenvalue weighted by Crippen LogP contribution is -2.26. The predicted molar refractivity (Wildman–Crippen MR) is 67.9 cm³/mol. The summed E-state index contributed by atoms with van der Waals surface area (Å²) in [5.74, 6) is 0.664. The number of nitrogens with one attached hydrogen (secondary N) is 1. The number of rotatable bonds is 3. The van der Waals surface area contributed by atoms with Crippen LogP contribution in [0.25, 0.3) is 0 Å². The van der Waals surface area contributed by atoms with Crippen LogP contribution in [0, 0.1) is 11.3 Å². The van der Waals surface area contributed by atoms with Crippen LogP contribution in [0.3, 0.4) is 0 Å². The first kappa shape index (κ1) is 12.2. The van der Waals surface area contributed by atoms with Crippen LogP contribution in [0.15, 0.2) is 12.3 Å². The van der Waals surface area contributed by atoms with E-state index in [2.05, 4.69) is 24.1 Å². The Hall–Kier alpha value is -1.29. The predicted octanol–water partition coefficient (Wildman–Crippen LogP) is 2.09. The van der Waals surface area contributed by atoms with Gasteiger partial charge in [-0.05, 0) is 23.8 Å². The maximum Gasteiger partial charge on any atom is 0.252 e. The fraction of sp³-hybridized carbons (Fsp3) is 0.500. The second-order valence-corrected chi connectivity index (χ2v) is 5.60. The van der Waals surface area contributed by atoms with E-state index in [1.807, 2.05) is 0 Å². The summed E-state index contributed by atoms with van der Waals surface area (Å²) in [4.78, 5) is 15.7. The molecule has 1 saturated carbocycles. The molecule has 1 aromatic rings. The topological polar surface area (TPSA) is 68.0 Å². The smallest absolute Gasteiger partial charge is 0.252 e. The van der Waals surface area contributed by atoms with E-state index in [1.165, 1.54) is 12.3 Å². The van der Waals surface area contributed by atoms with Gasteiger partial charge in [0.2, 0.25) is 0 Å². The van der Waals surface area contributed by atoms with E-state index in [0.717, 1.165) is 6.42 Å². The molecule has 2 rings (SSSR count). The number of carbonyl (C=O) groups excluding carboxylic acids is 1. The molecule has 1 heterocycles. The van der Waals surface area contributed by atoms with Crippen molar-refractivity contribution in [1.29, 1.82) is 0 Å². The fourth-order valence-electron chi connectivity index (χ4n) is 1.82. The number of anilines is 1. The first-order chi connectivity index (χ1) is 7.90. The van der Waals surface area contributed by atoms with Crippen LogP contribution in [-0.2, 0) is 0 Å². The Morgan fingerprint density at radius 1 is 1.71 bits per heavy atom. The molecule has 4 nitrogen and oxygen atoms in total. The number of hydrogen-bond donors (Lipinski definition) is 2. The molecule has 0 saturated heterocycles. The highest BCUT2D eigenvalue weighted by molar-refractivity contribution is 6.33. The summed E-state index contributed by atoms with van der Waals surface area (Å²) in [6, 6.07) is 1.54. The molecule has 1 aromatic heterocycles. The molecule has 1 aliphatic carbocycles. The van der Waals surface area contributed by atoms with Crippen molar-refractivity contribution in [2.24, 2.45) is 11.3 Å². The Bertz CT molecular complexity index is 459. The standard InChI is InChI=1S/C12H16ClN3O/c1-12(2)4-8(12)6-16-11(17)7-3-9(13)10(14)15-5-7/h3,5,8H,4,6H2,1-2H3,(H2,14,15)(H,16,17). The zero-order chi connectivity index (χ0) is 12.6. The zero-order valence-corrected chi connectivity index (χ0v) is 10.7. The van der Waals surface area contributed by atoms with Crippen LogP contribution in [0.2, 0.25) is 5.02 Å². The van der Waals surface area contributed by atoms with Gasteiger partial charge in [-0.2, -0.15) is 0 Å². The molecule has 1 aliphatic rings. The van der Waals surface area contributed by atoms with Gasteiger partial charge in [-0.3, -0.25) is 4.79 Å². The number of nitrogens with zero attached hydrogens (tertiary/aromatic N) is 1. The Labute approximate surface area is 106 Å². The summed E-state index contributed by atoms with van der Waals surface area (Å²) >= 11 is 5.81. The molecular formula is C12H16ClN3O. The average Bonchev–Trinajstić information content (AvgIpc) is 2.87. The summed E-state index contributed by atoms with van der Waals surface area (Å²) in [6.45, 7) is 5.10. The highest BCUT2D eigenvalue weighted by atomic mass is 35.5. The number of hydrogen-bond acceptors (Lipinski definition) is 3. The maximum atomic E-state index is 11.8. The molecule has 0 aliphatic heterocycles. The lowest BCUT2D eigenvalue weighted by atomic mass is 10.1. The van der Waals surface area contributed by atoms with E-state index in [4.69, 9.17) is 17.3 Å². The van der Waals surface area contributed by atoms with Crippen LogP contribution in [0.1, 0.15) is 30.6 Å². The van der Waals surface area contributed by atoms with Crippen LogP contribution in [0.5, 0.6) is 0 Å². The summed E-state index contributed by atoms with van der Waals surface area (Å²) in [5, 5.41) is 3.19. The number of nitrogen functional groups attached to an aromatic ring is 1. The third-order valence-electron chi connectivity index (χ3n) is 3.36. The van der Waals surface area contributed by atoms with E-state index in [9.17, 15) is 4.79 Å². The van der Waals surface area contributed by atoms with Gasteiger partial charge >= 0.3 is 0 Å². The Kier molecular flexibility index (Phi) is 3.00. The first-order valence-electron chi connectivity index (χ1n) is 5.59. The summed E-state index contributed by atoms with van der Waals surface area (Å²) in [6.07, 6.45) is 2.60. The second-order valence-electron chi connectivity index (χ2n) is 5.19. The molecule has 0 radical (unpaired) electrons. The van der Waals surface area contributed by atoms with Gasteiger partial charge in [-0.15, -0.1) is 0 Å². The molecule has 0 aromatic carbocycles. The first-order valence-corrected chi connectivity index (χ1v) is 5.97. The number of pyridine rings is 1. The molecule has 1 unspecified atom stereocenters. The lowest BCUT2D eigenvalue weighted by Gasteiger charge is -2.07. The number of nitrogens with two attached hydrogens (primary N) is 1. The van der Waals surface area contributed by atoms with Gasteiger partial charge in [0.25, 0.3) is 5.91 Å². The van der Waals surface area contributed by atoms with Gasteiger partial charge in [0.15, 0.2) is 0 Å². The normalized spacial score (nSPS) is 21.0. The minimum Gasteiger partial charge on any atom is -0.382 e. The van der Waals surface area contributed by atoms with Crippen molar-refractivity contribution in [2.45, 2.75) is 20.3 Å². The Balaban J connectivity index is 1.93. The molecule has 17 heavy (non-hydrogen) atoms. The van der Waals surface area contributed by atoms with Crippen molar-refractivity contribution < 1.29 is 4.79 Å². The van der Waals surface area contributed by atoms with E-state index < -0.39 is 0 Å². The highest BCUT2D eigenvalue weighted by Gasteiger charge is 2.45. The van der Waals surface area contributed by atoms with E-state index in [0.29, 0.717) is 28.5 Å². The average molecular weight is 254 g/mol. The van der Waals surface area contributed by atoms with Crippen LogP contribution < -0.4 is 11.1 Å². The van der Waals surface area contributed by atoms with Gasteiger partial charge in [0, 0.05) is 12.7 Å². The van der Waals surface area contributed by atoms with E-state index in [1.54, 1.807) is 0 Å². The number of halogens is 1. The summed E-state index contributed by atoms with van der Waals surface area (Å²) < 4.78 is 0. The van der Waals surface area contributed by atoms with Crippen molar-refractivity contribution in [3.63, 3.8) is 0 Å². The second kappa shape index (κ2) is 4.18. The molecule has 5 heteroatoms. The fourth-order valence-corrected chi connectivity index (χ4v) is 1.98. The molecule has 1 amide bonds. The van der Waals surface area contributed by atoms with Gasteiger partial charge in [0.1, 0.15) is 5.82 Å². The van der Waals surface area contributed by atoms with E-state index >= 15 is 0 Å². The third kappa shape index (κ3) is 2.69. The molecule has 1 fully saturated rings. The lowest BCUT2D eigenvalue weighted by molar-refractivity contribution is 0.0950. The Morgan fingerprint density at radius 2 is 2.35 bits per heavy atom. The van der Waals surface area contributed by atoms with Crippen LogP contribution in [-0.4, -0.2) is 17.4 Å². The quantitative estimate of drug-likeness (QED) is 0.867. The number of carbonyl (C=O) groups is 1. The molecular weight excluding hydrogens is 238 g/mol. The maximum absolute atomic E-state index is 11.8. The SMILES string of the molecule is CC1(C)CC1CNC(=O)c1cnc(N)c(Cl)c1. The van der Waals surface area contributed by atoms with Crippen molar-refractivity contribution in [3.05, 3.63) is 22.8 Å². The molecule has 0 spiro atoms.